The predicted molar refractivity (Wildman–Crippen MR) is 98.5 cm³/mol. The number of nitrogens with zero attached hydrogens (tertiary/aromatic N) is 2. The van der Waals surface area contributed by atoms with Crippen LogP contribution >= 0.6 is 0 Å². The number of rotatable bonds is 4. The second-order valence-corrected chi connectivity index (χ2v) is 5.51. The number of aromatic nitrogens is 2. The number of nitrogens with two attached hydrogens (primary N) is 1. The Morgan fingerprint density at radius 2 is 2.00 bits per heavy atom. The minimum absolute atomic E-state index is 0.0382. The predicted octanol–water partition coefficient (Wildman–Crippen LogP) is 1.55. The van der Waals surface area contributed by atoms with Crippen LogP contribution in [0.25, 0.3) is 10.9 Å². The summed E-state index contributed by atoms with van der Waals surface area (Å²) >= 11 is 0. The van der Waals surface area contributed by atoms with Gasteiger partial charge in [0.15, 0.2) is 0 Å². The van der Waals surface area contributed by atoms with Crippen molar-refractivity contribution in [2.75, 3.05) is 12.3 Å². The number of hydrogen-bond donors (Lipinski definition) is 3. The summed E-state index contributed by atoms with van der Waals surface area (Å²) in [5.41, 5.74) is 7.47. The molecule has 0 aliphatic heterocycles. The van der Waals surface area contributed by atoms with Gasteiger partial charge in [-0.1, -0.05) is 17.9 Å². The fraction of sp³-hybridized carbons (Fsp3) is 0.111. The van der Waals surface area contributed by atoms with Crippen LogP contribution in [-0.2, 0) is 6.54 Å². The first kappa shape index (κ1) is 17.1. The standard InChI is InChI=1S/C18H15N5O3/c19-18-21-16-8-5-13(10-15(16)17(24)22-18)11-20-9-1-2-12-3-6-14(7-4-12)23(25)26/h3-8,10,20H,9,11H2,(H3,19,21,22,24). The summed E-state index contributed by atoms with van der Waals surface area (Å²) in [5.74, 6) is 5.97. The van der Waals surface area contributed by atoms with Crippen LogP contribution in [-0.4, -0.2) is 21.4 Å². The zero-order chi connectivity index (χ0) is 18.5. The number of aromatic amines is 1. The van der Waals surface area contributed by atoms with Gasteiger partial charge in [0.2, 0.25) is 5.95 Å². The minimum Gasteiger partial charge on any atom is -0.369 e. The molecule has 4 N–H and O–H groups in total. The normalized spacial score (nSPS) is 10.3. The fourth-order valence-corrected chi connectivity index (χ4v) is 2.40. The van der Waals surface area contributed by atoms with Crippen molar-refractivity contribution in [3.05, 3.63) is 74.1 Å². The van der Waals surface area contributed by atoms with E-state index in [9.17, 15) is 14.9 Å². The Hall–Kier alpha value is -3.70. The smallest absolute Gasteiger partial charge is 0.269 e. The first-order chi connectivity index (χ1) is 12.5. The zero-order valence-electron chi connectivity index (χ0n) is 13.7. The number of nitro benzene ring substituents is 1. The highest BCUT2D eigenvalue weighted by atomic mass is 16.6. The van der Waals surface area contributed by atoms with Crippen molar-refractivity contribution >= 4 is 22.5 Å². The number of non-ortho nitro benzene ring substituents is 1. The minimum atomic E-state index is -0.447. The molecular weight excluding hydrogens is 334 g/mol. The van der Waals surface area contributed by atoms with Crippen LogP contribution < -0.4 is 16.6 Å². The topological polar surface area (TPSA) is 127 Å². The molecule has 1 heterocycles. The van der Waals surface area contributed by atoms with Crippen LogP contribution in [0.3, 0.4) is 0 Å². The Morgan fingerprint density at radius 1 is 1.23 bits per heavy atom. The van der Waals surface area contributed by atoms with Crippen LogP contribution in [0.15, 0.2) is 47.3 Å². The first-order valence-electron chi connectivity index (χ1n) is 7.75. The van der Waals surface area contributed by atoms with Gasteiger partial charge in [-0.15, -0.1) is 0 Å². The molecule has 3 rings (SSSR count). The second kappa shape index (κ2) is 7.46. The Kier molecular flexibility index (Phi) is 4.92. The number of benzene rings is 2. The Bertz CT molecular complexity index is 1080. The summed E-state index contributed by atoms with van der Waals surface area (Å²) in [6.45, 7) is 0.972. The number of nitrogens with one attached hydrogen (secondary N) is 2. The molecule has 8 nitrogen and oxygen atoms in total. The summed E-state index contributed by atoms with van der Waals surface area (Å²) in [6, 6.07) is 11.4. The number of H-pyrrole nitrogens is 1. The van der Waals surface area contributed by atoms with Gasteiger partial charge in [0, 0.05) is 24.2 Å². The Labute approximate surface area is 148 Å². The molecule has 1 aromatic heterocycles. The van der Waals surface area contributed by atoms with Gasteiger partial charge in [-0.2, -0.15) is 0 Å². The maximum atomic E-state index is 11.9. The SMILES string of the molecule is Nc1nc2ccc(CNCC#Cc3ccc([N+](=O)[O-])cc3)cc2c(=O)[nH]1. The summed E-state index contributed by atoms with van der Waals surface area (Å²) in [5, 5.41) is 14.2. The molecule has 0 radical (unpaired) electrons. The largest absolute Gasteiger partial charge is 0.369 e. The number of nitro groups is 1. The molecule has 0 saturated carbocycles. The van der Waals surface area contributed by atoms with Crippen molar-refractivity contribution in [2.24, 2.45) is 0 Å². The highest BCUT2D eigenvalue weighted by molar-refractivity contribution is 5.79. The lowest BCUT2D eigenvalue weighted by molar-refractivity contribution is -0.384. The van der Waals surface area contributed by atoms with Crippen LogP contribution in [0.1, 0.15) is 11.1 Å². The van der Waals surface area contributed by atoms with Gasteiger partial charge >= 0.3 is 0 Å². The highest BCUT2D eigenvalue weighted by Gasteiger charge is 2.03. The van der Waals surface area contributed by atoms with Crippen LogP contribution in [0.5, 0.6) is 0 Å². The van der Waals surface area contributed by atoms with Gasteiger partial charge in [0.25, 0.3) is 11.2 Å². The van der Waals surface area contributed by atoms with Gasteiger partial charge in [0.1, 0.15) is 0 Å². The molecule has 0 unspecified atom stereocenters. The van der Waals surface area contributed by atoms with Gasteiger partial charge in [0.05, 0.1) is 22.4 Å². The number of nitrogen functional groups attached to an aromatic ring is 1. The van der Waals surface area contributed by atoms with Crippen LogP contribution in [0.4, 0.5) is 11.6 Å². The second-order valence-electron chi connectivity index (χ2n) is 5.51. The molecule has 0 bridgehead atoms. The van der Waals surface area contributed by atoms with Crippen molar-refractivity contribution in [2.45, 2.75) is 6.54 Å². The van der Waals surface area contributed by atoms with E-state index in [1.54, 1.807) is 24.3 Å². The summed E-state index contributed by atoms with van der Waals surface area (Å²) in [6.07, 6.45) is 0. The van der Waals surface area contributed by atoms with Crippen molar-refractivity contribution in [1.82, 2.24) is 15.3 Å². The zero-order valence-corrected chi connectivity index (χ0v) is 13.7. The van der Waals surface area contributed by atoms with Gasteiger partial charge < -0.3 is 11.1 Å². The molecule has 2 aromatic carbocycles. The molecule has 0 saturated heterocycles. The molecule has 130 valence electrons. The Balaban J connectivity index is 1.59. The molecule has 3 aromatic rings. The third kappa shape index (κ3) is 4.03. The fourth-order valence-electron chi connectivity index (χ4n) is 2.40. The highest BCUT2D eigenvalue weighted by Crippen LogP contribution is 2.11. The summed E-state index contributed by atoms with van der Waals surface area (Å²) in [4.78, 5) is 28.6. The monoisotopic (exact) mass is 349 g/mol. The van der Waals surface area contributed by atoms with E-state index < -0.39 is 4.92 Å². The molecule has 0 aliphatic rings. The molecule has 0 atom stereocenters. The third-order valence-corrected chi connectivity index (χ3v) is 3.64. The van der Waals surface area contributed by atoms with Crippen LogP contribution in [0, 0.1) is 22.0 Å². The van der Waals surface area contributed by atoms with Crippen molar-refractivity contribution in [3.63, 3.8) is 0 Å². The average molecular weight is 349 g/mol. The third-order valence-electron chi connectivity index (χ3n) is 3.64. The van der Waals surface area contributed by atoms with Crippen molar-refractivity contribution in [3.8, 4) is 11.8 Å². The number of hydrogen-bond acceptors (Lipinski definition) is 6. The van der Waals surface area contributed by atoms with E-state index >= 15 is 0 Å². The lowest BCUT2D eigenvalue weighted by Crippen LogP contribution is -2.15. The quantitative estimate of drug-likeness (QED) is 0.284. The summed E-state index contributed by atoms with van der Waals surface area (Å²) < 4.78 is 0. The van der Waals surface area contributed by atoms with Gasteiger partial charge in [-0.3, -0.25) is 19.9 Å². The molecule has 8 heteroatoms. The van der Waals surface area contributed by atoms with E-state index in [4.69, 9.17) is 5.73 Å². The van der Waals surface area contributed by atoms with E-state index in [2.05, 4.69) is 27.1 Å². The van der Waals surface area contributed by atoms with Crippen molar-refractivity contribution in [1.29, 1.82) is 0 Å². The lowest BCUT2D eigenvalue weighted by atomic mass is 10.1. The first-order valence-corrected chi connectivity index (χ1v) is 7.75. The van der Waals surface area contributed by atoms with E-state index in [1.807, 2.05) is 6.07 Å². The van der Waals surface area contributed by atoms with E-state index in [0.717, 1.165) is 5.56 Å². The number of anilines is 1. The van der Waals surface area contributed by atoms with Gasteiger partial charge in [-0.05, 0) is 29.8 Å². The van der Waals surface area contributed by atoms with E-state index in [-0.39, 0.29) is 17.2 Å². The number of fused-ring (bicyclic) bond motifs is 1. The van der Waals surface area contributed by atoms with Crippen molar-refractivity contribution < 1.29 is 4.92 Å². The average Bonchev–Trinajstić information content (AvgIpc) is 2.62. The molecule has 0 aliphatic carbocycles. The molecule has 0 amide bonds. The maximum absolute atomic E-state index is 11.9. The Morgan fingerprint density at radius 3 is 2.73 bits per heavy atom. The molecule has 0 spiro atoms. The van der Waals surface area contributed by atoms with Gasteiger partial charge in [-0.25, -0.2) is 4.98 Å². The molecule has 0 fully saturated rings. The van der Waals surface area contributed by atoms with E-state index in [0.29, 0.717) is 29.6 Å². The maximum Gasteiger partial charge on any atom is 0.269 e. The molecular formula is C18H15N5O3. The van der Waals surface area contributed by atoms with E-state index in [1.165, 1.54) is 12.1 Å². The summed E-state index contributed by atoms with van der Waals surface area (Å²) in [7, 11) is 0. The van der Waals surface area contributed by atoms with Crippen LogP contribution in [0.2, 0.25) is 0 Å². The molecule has 26 heavy (non-hydrogen) atoms. The lowest BCUT2D eigenvalue weighted by Gasteiger charge is -2.03.